The first-order chi connectivity index (χ1) is 21.7. The van der Waals surface area contributed by atoms with Gasteiger partial charge in [0.2, 0.25) is 11.8 Å². The summed E-state index contributed by atoms with van der Waals surface area (Å²) >= 11 is 1.09. The Morgan fingerprint density at radius 1 is 1.04 bits per heavy atom. The minimum Gasteiger partial charge on any atom is -0.481 e. The van der Waals surface area contributed by atoms with E-state index in [2.05, 4.69) is 20.8 Å². The number of nitrogens with zero attached hydrogens (tertiary/aromatic N) is 4. The summed E-state index contributed by atoms with van der Waals surface area (Å²) in [7, 11) is 0. The predicted octanol–water partition coefficient (Wildman–Crippen LogP) is 0.634. The lowest BCUT2D eigenvalue weighted by molar-refractivity contribution is -0.636. The van der Waals surface area contributed by atoms with Gasteiger partial charge in [0.15, 0.2) is 5.78 Å². The van der Waals surface area contributed by atoms with Crippen LogP contribution in [-0.4, -0.2) is 91.1 Å². The number of para-hydroxylation sites is 1. The van der Waals surface area contributed by atoms with Gasteiger partial charge < -0.3 is 15.7 Å². The predicted molar refractivity (Wildman–Crippen MR) is 159 cm³/mol. The number of ketones is 1. The number of aromatic nitrogens is 3. The first kappa shape index (κ1) is 31.4. The van der Waals surface area contributed by atoms with E-state index >= 15 is 0 Å². The highest BCUT2D eigenvalue weighted by molar-refractivity contribution is 7.99. The molecule has 4 amide bonds. The number of carbonyl (C=O) groups is 6. The molecule has 3 atom stereocenters. The summed E-state index contributed by atoms with van der Waals surface area (Å²) in [5, 5.41) is 24.4. The topological polar surface area (TPSA) is 186 Å². The lowest BCUT2D eigenvalue weighted by atomic mass is 10.0. The molecule has 0 spiro atoms. The number of Topliss-reactive ketones (excluding diaryl/α,β-unsaturated/α-hetero) is 1. The molecule has 0 radical (unpaired) electrons. The molecule has 0 aliphatic carbocycles. The van der Waals surface area contributed by atoms with Crippen molar-refractivity contribution < 1.29 is 38.4 Å². The molecule has 3 heterocycles. The third-order valence-corrected chi connectivity index (χ3v) is 8.52. The Morgan fingerprint density at radius 3 is 2.47 bits per heavy atom. The highest BCUT2D eigenvalue weighted by Gasteiger charge is 2.45. The second kappa shape index (κ2) is 14.2. The van der Waals surface area contributed by atoms with Crippen molar-refractivity contribution in [3.05, 3.63) is 72.6 Å². The van der Waals surface area contributed by atoms with E-state index in [4.69, 9.17) is 0 Å². The third-order valence-electron chi connectivity index (χ3n) is 7.53. The summed E-state index contributed by atoms with van der Waals surface area (Å²) in [6.45, 7) is 0.202. The first-order valence-electron chi connectivity index (χ1n) is 14.4. The van der Waals surface area contributed by atoms with Crippen molar-refractivity contribution in [2.24, 2.45) is 0 Å². The average molecular weight is 635 g/mol. The number of carbonyl (C=O) groups excluding carboxylic acids is 5. The maximum atomic E-state index is 13.7. The van der Waals surface area contributed by atoms with E-state index in [0.29, 0.717) is 17.1 Å². The number of amides is 4. The largest absolute Gasteiger partial charge is 0.481 e. The van der Waals surface area contributed by atoms with E-state index in [0.717, 1.165) is 22.5 Å². The number of aliphatic carboxylic acids is 1. The number of H-pyrrole nitrogens is 1. The van der Waals surface area contributed by atoms with Crippen LogP contribution >= 0.6 is 11.8 Å². The lowest BCUT2D eigenvalue weighted by Crippen LogP contribution is -2.64. The van der Waals surface area contributed by atoms with Crippen molar-refractivity contribution >= 4 is 47.1 Å². The summed E-state index contributed by atoms with van der Waals surface area (Å²) in [6.07, 6.45) is 1.47. The molecule has 45 heavy (non-hydrogen) atoms. The van der Waals surface area contributed by atoms with Gasteiger partial charge in [-0.1, -0.05) is 36.4 Å². The summed E-state index contributed by atoms with van der Waals surface area (Å²) in [6, 6.07) is 13.9. The summed E-state index contributed by atoms with van der Waals surface area (Å²) in [5.74, 6) is -4.30. The van der Waals surface area contributed by atoms with E-state index in [9.17, 15) is 33.9 Å². The molecule has 234 valence electrons. The standard InChI is InChI=1S/C30H31N7O7S/c38-24(17-45-30-34-31-18-35(30)20-10-5-2-6-11-20)22(16-26(40)41)33-28(43)23-12-7-15-36-25(39)14-13-21(29(44)37(23)36)32-27(42)19-8-3-1-4-9-19/h1-6,8-11,18,21-23H,7,12-17H2,(H3,32,33,40,41,42,43)/p+1/t21-,22-,23-/m0/s1. The van der Waals surface area contributed by atoms with E-state index in [-0.39, 0.29) is 37.5 Å². The van der Waals surface area contributed by atoms with Crippen molar-refractivity contribution in [1.29, 1.82) is 0 Å². The number of rotatable bonds is 11. The fraction of sp³-hybridized carbons (Fsp3) is 0.333. The number of thioether (sulfide) groups is 1. The molecule has 15 heteroatoms. The van der Waals surface area contributed by atoms with Gasteiger partial charge in [0.1, 0.15) is 17.8 Å². The Morgan fingerprint density at radius 2 is 1.76 bits per heavy atom. The highest BCUT2D eigenvalue weighted by atomic mass is 32.2. The fourth-order valence-electron chi connectivity index (χ4n) is 5.29. The smallest absolute Gasteiger partial charge is 0.305 e. The zero-order chi connectivity index (χ0) is 31.9. The quantitative estimate of drug-likeness (QED) is 0.173. The number of benzene rings is 2. The Kier molecular flexibility index (Phi) is 9.87. The monoisotopic (exact) mass is 634 g/mol. The van der Waals surface area contributed by atoms with Crippen LogP contribution in [0.15, 0.2) is 72.1 Å². The van der Waals surface area contributed by atoms with Gasteiger partial charge in [-0.05, 0) is 55.3 Å². The molecule has 3 aromatic rings. The molecular formula is C30H32N7O7S+. The number of aromatic amines is 1. The van der Waals surface area contributed by atoms with E-state index in [1.165, 1.54) is 5.01 Å². The molecule has 1 aromatic heterocycles. The average Bonchev–Trinajstić information content (AvgIpc) is 3.49. The molecule has 2 aliphatic heterocycles. The van der Waals surface area contributed by atoms with Gasteiger partial charge in [-0.15, -0.1) is 5.10 Å². The SMILES string of the molecule is O=C(O)C[C@H](NC(=O)[C@@H]1CCCN2C(=O)CC[C@H](NC(=O)c3ccccc3)C(=O)N12)C(=O)CSc1[nH]nc[n+]1-c1ccccc1. The van der Waals surface area contributed by atoms with Crippen LogP contribution in [0.3, 0.4) is 0 Å². The molecule has 14 nitrogen and oxygen atoms in total. The van der Waals surface area contributed by atoms with Crippen LogP contribution in [0, 0.1) is 0 Å². The minimum absolute atomic E-state index is 0.0236. The zero-order valence-electron chi connectivity index (χ0n) is 24.1. The normalized spacial score (nSPS) is 18.8. The number of nitrogens with one attached hydrogen (secondary N) is 3. The fourth-order valence-corrected chi connectivity index (χ4v) is 6.18. The molecule has 2 aromatic carbocycles. The first-order valence-corrected chi connectivity index (χ1v) is 15.4. The maximum Gasteiger partial charge on any atom is 0.305 e. The van der Waals surface area contributed by atoms with Gasteiger partial charge in [0, 0.05) is 23.6 Å². The molecule has 0 saturated carbocycles. The van der Waals surface area contributed by atoms with Crippen LogP contribution in [0.5, 0.6) is 0 Å². The Balaban J connectivity index is 1.30. The zero-order valence-corrected chi connectivity index (χ0v) is 24.9. The van der Waals surface area contributed by atoms with Crippen molar-refractivity contribution in [1.82, 2.24) is 30.8 Å². The summed E-state index contributed by atoms with van der Waals surface area (Å²) in [4.78, 5) is 78.2. The van der Waals surface area contributed by atoms with Crippen LogP contribution in [0.25, 0.3) is 5.69 Å². The number of carboxylic acid groups (broad SMARTS) is 1. The van der Waals surface area contributed by atoms with Crippen molar-refractivity contribution in [2.75, 3.05) is 12.3 Å². The number of hydrazine groups is 1. The van der Waals surface area contributed by atoms with E-state index < -0.39 is 54.0 Å². The van der Waals surface area contributed by atoms with Crippen molar-refractivity contribution in [3.63, 3.8) is 0 Å². The van der Waals surface area contributed by atoms with Crippen LogP contribution < -0.4 is 15.2 Å². The molecule has 5 rings (SSSR count). The summed E-state index contributed by atoms with van der Waals surface area (Å²) < 4.78 is 1.73. The van der Waals surface area contributed by atoms with Crippen LogP contribution in [0.1, 0.15) is 42.5 Å². The van der Waals surface area contributed by atoms with Gasteiger partial charge >= 0.3 is 5.97 Å². The molecule has 2 saturated heterocycles. The third kappa shape index (κ3) is 7.37. The summed E-state index contributed by atoms with van der Waals surface area (Å²) in [5.41, 5.74) is 1.14. The number of hydrogen-bond acceptors (Lipinski definition) is 8. The van der Waals surface area contributed by atoms with Crippen LogP contribution in [0.2, 0.25) is 0 Å². The second-order valence-electron chi connectivity index (χ2n) is 10.6. The number of carboxylic acids is 1. The van der Waals surface area contributed by atoms with E-state index in [1.54, 1.807) is 41.2 Å². The van der Waals surface area contributed by atoms with Crippen molar-refractivity contribution in [2.45, 2.75) is 55.4 Å². The van der Waals surface area contributed by atoms with Gasteiger partial charge in [0.05, 0.1) is 18.2 Å². The number of fused-ring (bicyclic) bond motifs is 1. The van der Waals surface area contributed by atoms with Crippen LogP contribution in [0.4, 0.5) is 0 Å². The van der Waals surface area contributed by atoms with Gasteiger partial charge in [-0.25, -0.2) is 5.01 Å². The molecule has 2 fully saturated rings. The second-order valence-corrected chi connectivity index (χ2v) is 11.5. The van der Waals surface area contributed by atoms with Gasteiger partial charge in [-0.3, -0.25) is 33.8 Å². The Labute approximate surface area is 262 Å². The Hall–Kier alpha value is -5.05. The van der Waals surface area contributed by atoms with Crippen LogP contribution in [-0.2, 0) is 24.0 Å². The maximum absolute atomic E-state index is 13.7. The minimum atomic E-state index is -1.39. The van der Waals surface area contributed by atoms with E-state index in [1.807, 2.05) is 30.3 Å². The van der Waals surface area contributed by atoms with Gasteiger partial charge in [-0.2, -0.15) is 4.57 Å². The molecule has 2 aliphatic rings. The highest BCUT2D eigenvalue weighted by Crippen LogP contribution is 2.25. The molecule has 4 N–H and O–H groups in total. The lowest BCUT2D eigenvalue weighted by Gasteiger charge is -2.43. The Bertz CT molecular complexity index is 1580. The number of hydrogen-bond donors (Lipinski definition) is 4. The molecule has 0 bridgehead atoms. The molecule has 0 unspecified atom stereocenters. The van der Waals surface area contributed by atoms with Crippen molar-refractivity contribution in [3.8, 4) is 5.69 Å². The molecular weight excluding hydrogens is 602 g/mol. The van der Waals surface area contributed by atoms with Gasteiger partial charge in [0.25, 0.3) is 23.3 Å².